The normalized spacial score (nSPS) is 11.3. The fraction of sp³-hybridized carbons (Fsp3) is 0.0769. The highest BCUT2D eigenvalue weighted by Crippen LogP contribution is 2.12. The number of rotatable bonds is 3. The van der Waals surface area contributed by atoms with Crippen LogP contribution in [0.3, 0.4) is 0 Å². The summed E-state index contributed by atoms with van der Waals surface area (Å²) in [5.74, 6) is 0.0549. The van der Waals surface area contributed by atoms with Gasteiger partial charge in [-0.1, -0.05) is 27.2 Å². The molecular weight excluding hydrogens is 298 g/mol. The molecule has 0 saturated carbocycles. The molecule has 0 atom stereocenters. The lowest BCUT2D eigenvalue weighted by Gasteiger charge is -1.99. The molecule has 0 saturated heterocycles. The third-order valence-corrected chi connectivity index (χ3v) is 2.70. The van der Waals surface area contributed by atoms with Gasteiger partial charge in [0.2, 0.25) is 0 Å². The molecule has 0 fully saturated rings. The molecule has 5 heteroatoms. The first-order valence-electron chi connectivity index (χ1n) is 5.22. The minimum Gasteiger partial charge on any atom is -0.463 e. The highest BCUT2D eigenvalue weighted by Gasteiger charge is 2.08. The van der Waals surface area contributed by atoms with Crippen molar-refractivity contribution in [2.45, 2.75) is 6.92 Å². The lowest BCUT2D eigenvalue weighted by atomic mass is 10.2. The fourth-order valence-corrected chi connectivity index (χ4v) is 1.71. The second-order valence-electron chi connectivity index (χ2n) is 3.54. The van der Waals surface area contributed by atoms with Gasteiger partial charge in [0.05, 0.1) is 11.8 Å². The Balaban J connectivity index is 2.07. The SMILES string of the molecule is CC(=NOC(=O)c1cccc(Br)c1)c1ccco1. The van der Waals surface area contributed by atoms with Gasteiger partial charge in [-0.2, -0.15) is 0 Å². The van der Waals surface area contributed by atoms with E-state index in [4.69, 9.17) is 9.25 Å². The molecule has 2 rings (SSSR count). The second kappa shape index (κ2) is 5.64. The summed E-state index contributed by atoms with van der Waals surface area (Å²) in [6.07, 6.45) is 1.53. The van der Waals surface area contributed by atoms with E-state index < -0.39 is 5.97 Å². The van der Waals surface area contributed by atoms with Gasteiger partial charge in [0, 0.05) is 4.47 Å². The van der Waals surface area contributed by atoms with Crippen molar-refractivity contribution in [3.05, 3.63) is 58.5 Å². The van der Waals surface area contributed by atoms with E-state index in [0.29, 0.717) is 17.0 Å². The minimum absolute atomic E-state index is 0.431. The van der Waals surface area contributed by atoms with Gasteiger partial charge in [-0.15, -0.1) is 0 Å². The third-order valence-electron chi connectivity index (χ3n) is 2.20. The van der Waals surface area contributed by atoms with Crippen LogP contribution in [0.1, 0.15) is 23.0 Å². The number of halogens is 1. The molecule has 0 bridgehead atoms. The zero-order valence-electron chi connectivity index (χ0n) is 9.59. The van der Waals surface area contributed by atoms with Crippen LogP contribution in [0, 0.1) is 0 Å². The van der Waals surface area contributed by atoms with Crippen molar-refractivity contribution in [1.29, 1.82) is 0 Å². The predicted octanol–water partition coefficient (Wildman–Crippen LogP) is 3.62. The maximum atomic E-state index is 11.7. The van der Waals surface area contributed by atoms with E-state index >= 15 is 0 Å². The molecule has 0 spiro atoms. The number of furan rings is 1. The van der Waals surface area contributed by atoms with Gasteiger partial charge in [0.1, 0.15) is 5.71 Å². The van der Waals surface area contributed by atoms with E-state index in [1.54, 1.807) is 37.3 Å². The molecule has 18 heavy (non-hydrogen) atoms. The highest BCUT2D eigenvalue weighted by atomic mass is 79.9. The van der Waals surface area contributed by atoms with Crippen molar-refractivity contribution in [1.82, 2.24) is 0 Å². The number of hydrogen-bond donors (Lipinski definition) is 0. The maximum absolute atomic E-state index is 11.7. The number of hydrogen-bond acceptors (Lipinski definition) is 4. The van der Waals surface area contributed by atoms with Crippen LogP contribution >= 0.6 is 15.9 Å². The lowest BCUT2D eigenvalue weighted by Crippen LogP contribution is -2.03. The Labute approximate surface area is 112 Å². The van der Waals surface area contributed by atoms with Crippen LogP contribution in [-0.2, 0) is 4.84 Å². The van der Waals surface area contributed by atoms with Crippen molar-refractivity contribution in [2.75, 3.05) is 0 Å². The monoisotopic (exact) mass is 307 g/mol. The summed E-state index contributed by atoms with van der Waals surface area (Å²) in [7, 11) is 0. The van der Waals surface area contributed by atoms with Gasteiger partial charge in [-0.25, -0.2) is 4.79 Å². The topological polar surface area (TPSA) is 51.8 Å². The first-order valence-corrected chi connectivity index (χ1v) is 6.01. The molecule has 1 heterocycles. The van der Waals surface area contributed by atoms with E-state index in [1.807, 2.05) is 6.07 Å². The van der Waals surface area contributed by atoms with E-state index in [1.165, 1.54) is 6.26 Å². The summed E-state index contributed by atoms with van der Waals surface area (Å²) in [6.45, 7) is 1.70. The summed E-state index contributed by atoms with van der Waals surface area (Å²) < 4.78 is 5.93. The fourth-order valence-electron chi connectivity index (χ4n) is 1.31. The van der Waals surface area contributed by atoms with Gasteiger partial charge >= 0.3 is 5.97 Å². The second-order valence-corrected chi connectivity index (χ2v) is 4.46. The Morgan fingerprint density at radius 2 is 2.17 bits per heavy atom. The number of carbonyl (C=O) groups is 1. The van der Waals surface area contributed by atoms with Crippen LogP contribution in [0.25, 0.3) is 0 Å². The van der Waals surface area contributed by atoms with E-state index in [2.05, 4.69) is 21.1 Å². The van der Waals surface area contributed by atoms with E-state index in [0.717, 1.165) is 4.47 Å². The van der Waals surface area contributed by atoms with Crippen LogP contribution in [0.4, 0.5) is 0 Å². The first-order chi connectivity index (χ1) is 8.66. The molecule has 0 aliphatic heterocycles. The average Bonchev–Trinajstić information content (AvgIpc) is 2.89. The number of nitrogens with zero attached hydrogens (tertiary/aromatic N) is 1. The number of benzene rings is 1. The summed E-state index contributed by atoms with van der Waals surface area (Å²) in [4.78, 5) is 16.5. The predicted molar refractivity (Wildman–Crippen MR) is 70.5 cm³/mol. The van der Waals surface area contributed by atoms with Gasteiger partial charge < -0.3 is 9.25 Å². The van der Waals surface area contributed by atoms with Crippen LogP contribution < -0.4 is 0 Å². The molecule has 1 aromatic heterocycles. The van der Waals surface area contributed by atoms with Crippen LogP contribution in [0.5, 0.6) is 0 Å². The molecule has 4 nitrogen and oxygen atoms in total. The molecule has 0 N–H and O–H groups in total. The van der Waals surface area contributed by atoms with Crippen LogP contribution in [0.15, 0.2) is 56.7 Å². The minimum atomic E-state index is -0.512. The van der Waals surface area contributed by atoms with Gasteiger partial charge in [-0.3, -0.25) is 0 Å². The zero-order valence-corrected chi connectivity index (χ0v) is 11.2. The smallest absolute Gasteiger partial charge is 0.365 e. The molecule has 0 radical (unpaired) electrons. The van der Waals surface area contributed by atoms with Crippen molar-refractivity contribution in [3.63, 3.8) is 0 Å². The summed E-state index contributed by atoms with van der Waals surface area (Å²) in [5, 5.41) is 3.73. The molecule has 0 unspecified atom stereocenters. The number of oxime groups is 1. The Kier molecular flexibility index (Phi) is 3.94. The maximum Gasteiger partial charge on any atom is 0.365 e. The third kappa shape index (κ3) is 3.07. The summed E-state index contributed by atoms with van der Waals surface area (Å²) in [6, 6.07) is 10.4. The van der Waals surface area contributed by atoms with Crippen molar-refractivity contribution in [2.24, 2.45) is 5.16 Å². The van der Waals surface area contributed by atoms with Crippen molar-refractivity contribution >= 4 is 27.6 Å². The molecule has 0 aliphatic carbocycles. The Hall–Kier alpha value is -1.88. The lowest BCUT2D eigenvalue weighted by molar-refractivity contribution is 0.0516. The number of carbonyl (C=O) groups excluding carboxylic acids is 1. The molecule has 0 amide bonds. The van der Waals surface area contributed by atoms with Gasteiger partial charge in [-0.05, 0) is 37.3 Å². The molecule has 2 aromatic rings. The van der Waals surface area contributed by atoms with E-state index in [9.17, 15) is 4.79 Å². The van der Waals surface area contributed by atoms with Crippen molar-refractivity contribution in [3.8, 4) is 0 Å². The van der Waals surface area contributed by atoms with Crippen molar-refractivity contribution < 1.29 is 14.0 Å². The Bertz CT molecular complexity index is 576. The van der Waals surface area contributed by atoms with E-state index in [-0.39, 0.29) is 0 Å². The zero-order chi connectivity index (χ0) is 13.0. The van der Waals surface area contributed by atoms with Gasteiger partial charge in [0.15, 0.2) is 5.76 Å². The standard InChI is InChI=1S/C13H10BrNO3/c1-9(12-6-3-7-17-12)15-18-13(16)10-4-2-5-11(14)8-10/h2-8H,1H3. The Morgan fingerprint density at radius 3 is 2.83 bits per heavy atom. The summed E-state index contributed by atoms with van der Waals surface area (Å²) >= 11 is 3.28. The quantitative estimate of drug-likeness (QED) is 0.494. The van der Waals surface area contributed by atoms with Gasteiger partial charge in [0.25, 0.3) is 0 Å². The molecule has 92 valence electrons. The largest absolute Gasteiger partial charge is 0.463 e. The average molecular weight is 308 g/mol. The molecule has 1 aromatic carbocycles. The molecule has 0 aliphatic rings. The summed E-state index contributed by atoms with van der Waals surface area (Å²) in [5.41, 5.74) is 0.934. The first kappa shape index (κ1) is 12.6. The molecular formula is C13H10BrNO3. The Morgan fingerprint density at radius 1 is 1.33 bits per heavy atom. The highest BCUT2D eigenvalue weighted by molar-refractivity contribution is 9.10. The van der Waals surface area contributed by atoms with Crippen LogP contribution in [-0.4, -0.2) is 11.7 Å². The van der Waals surface area contributed by atoms with Crippen LogP contribution in [0.2, 0.25) is 0 Å².